The Hall–Kier alpha value is -1.94. The molecule has 0 N–H and O–H groups in total. The summed E-state index contributed by atoms with van der Waals surface area (Å²) in [5.41, 5.74) is 2.99. The van der Waals surface area contributed by atoms with Gasteiger partial charge in [0.25, 0.3) is 5.56 Å². The van der Waals surface area contributed by atoms with Crippen LogP contribution in [0, 0.1) is 0 Å². The van der Waals surface area contributed by atoms with Gasteiger partial charge in [-0.05, 0) is 29.3 Å². The van der Waals surface area contributed by atoms with E-state index in [2.05, 4.69) is 5.10 Å². The molecule has 3 rings (SSSR count). The van der Waals surface area contributed by atoms with E-state index in [-0.39, 0.29) is 5.56 Å². The molecular formula is C12H10N2O2. The fourth-order valence-electron chi connectivity index (χ4n) is 1.84. The SMILES string of the molecule is O=c1cccnn1-c1ccc2c(c1)COC2. The largest absolute Gasteiger partial charge is 0.372 e. The van der Waals surface area contributed by atoms with Crippen molar-refractivity contribution < 1.29 is 4.74 Å². The fraction of sp³-hybridized carbons (Fsp3) is 0.167. The van der Waals surface area contributed by atoms with Crippen LogP contribution in [0.15, 0.2) is 41.3 Å². The summed E-state index contributed by atoms with van der Waals surface area (Å²) in [6, 6.07) is 8.96. The van der Waals surface area contributed by atoms with Gasteiger partial charge < -0.3 is 4.74 Å². The molecule has 0 radical (unpaired) electrons. The van der Waals surface area contributed by atoms with Crippen LogP contribution in [-0.2, 0) is 18.0 Å². The molecular weight excluding hydrogens is 204 g/mol. The number of aromatic nitrogens is 2. The number of nitrogens with zero attached hydrogens (tertiary/aromatic N) is 2. The lowest BCUT2D eigenvalue weighted by Crippen LogP contribution is -2.19. The summed E-state index contributed by atoms with van der Waals surface area (Å²) in [6.45, 7) is 1.28. The maximum atomic E-state index is 11.6. The number of rotatable bonds is 1. The summed E-state index contributed by atoms with van der Waals surface area (Å²) in [4.78, 5) is 11.6. The van der Waals surface area contributed by atoms with Crippen LogP contribution in [0.5, 0.6) is 0 Å². The summed E-state index contributed by atoms with van der Waals surface area (Å²) in [5, 5.41) is 4.04. The second-order valence-corrected chi connectivity index (χ2v) is 3.72. The molecule has 2 aromatic rings. The molecule has 80 valence electrons. The standard InChI is InChI=1S/C12H10N2O2/c15-12-2-1-5-13-14(12)11-4-3-9-7-16-8-10(9)6-11/h1-6H,7-8H2. The van der Waals surface area contributed by atoms with E-state index in [1.807, 2.05) is 18.2 Å². The number of fused-ring (bicyclic) bond motifs is 1. The molecule has 4 nitrogen and oxygen atoms in total. The minimum absolute atomic E-state index is 0.124. The van der Waals surface area contributed by atoms with Crippen LogP contribution >= 0.6 is 0 Å². The first-order valence-corrected chi connectivity index (χ1v) is 5.09. The molecule has 1 aromatic carbocycles. The van der Waals surface area contributed by atoms with Crippen LogP contribution in [-0.4, -0.2) is 9.78 Å². The second kappa shape index (κ2) is 3.57. The zero-order chi connectivity index (χ0) is 11.0. The molecule has 0 unspecified atom stereocenters. The molecule has 16 heavy (non-hydrogen) atoms. The van der Waals surface area contributed by atoms with Gasteiger partial charge in [-0.2, -0.15) is 9.78 Å². The number of ether oxygens (including phenoxy) is 1. The van der Waals surface area contributed by atoms with E-state index in [4.69, 9.17) is 4.74 Å². The van der Waals surface area contributed by atoms with Crippen LogP contribution in [0.2, 0.25) is 0 Å². The van der Waals surface area contributed by atoms with Gasteiger partial charge in [-0.3, -0.25) is 4.79 Å². The van der Waals surface area contributed by atoms with Gasteiger partial charge >= 0.3 is 0 Å². The van der Waals surface area contributed by atoms with E-state index < -0.39 is 0 Å². The van der Waals surface area contributed by atoms with Crippen molar-refractivity contribution in [1.82, 2.24) is 9.78 Å². The fourth-order valence-corrected chi connectivity index (χ4v) is 1.84. The van der Waals surface area contributed by atoms with Crippen molar-refractivity contribution >= 4 is 0 Å². The lowest BCUT2D eigenvalue weighted by molar-refractivity contribution is 0.134. The van der Waals surface area contributed by atoms with Crippen molar-refractivity contribution in [2.45, 2.75) is 13.2 Å². The molecule has 0 amide bonds. The van der Waals surface area contributed by atoms with Crippen LogP contribution in [0.4, 0.5) is 0 Å². The lowest BCUT2D eigenvalue weighted by atomic mass is 10.1. The number of benzene rings is 1. The molecule has 1 aromatic heterocycles. The smallest absolute Gasteiger partial charge is 0.271 e. The van der Waals surface area contributed by atoms with Gasteiger partial charge in [-0.1, -0.05) is 6.07 Å². The Morgan fingerprint density at radius 1 is 1.19 bits per heavy atom. The molecule has 0 aliphatic carbocycles. The van der Waals surface area contributed by atoms with E-state index in [0.717, 1.165) is 11.3 Å². The molecule has 0 spiro atoms. The van der Waals surface area contributed by atoms with Crippen molar-refractivity contribution in [3.63, 3.8) is 0 Å². The average Bonchev–Trinajstić information content (AvgIpc) is 2.76. The predicted molar refractivity (Wildman–Crippen MR) is 58.3 cm³/mol. The van der Waals surface area contributed by atoms with Gasteiger partial charge in [0.2, 0.25) is 0 Å². The summed E-state index contributed by atoms with van der Waals surface area (Å²) >= 11 is 0. The van der Waals surface area contributed by atoms with Crippen molar-refractivity contribution in [2.24, 2.45) is 0 Å². The van der Waals surface area contributed by atoms with Gasteiger partial charge in [0.05, 0.1) is 18.9 Å². The Morgan fingerprint density at radius 2 is 2.06 bits per heavy atom. The van der Waals surface area contributed by atoms with Gasteiger partial charge in [-0.15, -0.1) is 0 Å². The van der Waals surface area contributed by atoms with Crippen molar-refractivity contribution in [2.75, 3.05) is 0 Å². The molecule has 0 fully saturated rings. The van der Waals surface area contributed by atoms with E-state index in [9.17, 15) is 4.79 Å². The highest BCUT2D eigenvalue weighted by atomic mass is 16.5. The maximum Gasteiger partial charge on any atom is 0.271 e. The molecule has 2 heterocycles. The predicted octanol–water partition coefficient (Wildman–Crippen LogP) is 1.26. The van der Waals surface area contributed by atoms with E-state index in [1.165, 1.54) is 16.3 Å². The molecule has 0 saturated heterocycles. The summed E-state index contributed by atoms with van der Waals surface area (Å²) < 4.78 is 6.72. The topological polar surface area (TPSA) is 44.1 Å². The first kappa shape index (κ1) is 9.30. The highest BCUT2D eigenvalue weighted by molar-refractivity contribution is 5.40. The van der Waals surface area contributed by atoms with Crippen molar-refractivity contribution in [3.05, 3.63) is 58.0 Å². The van der Waals surface area contributed by atoms with E-state index in [1.54, 1.807) is 12.3 Å². The zero-order valence-electron chi connectivity index (χ0n) is 8.59. The van der Waals surface area contributed by atoms with Gasteiger partial charge in [0.15, 0.2) is 0 Å². The molecule has 0 atom stereocenters. The molecule has 4 heteroatoms. The summed E-state index contributed by atoms with van der Waals surface area (Å²) in [7, 11) is 0. The minimum Gasteiger partial charge on any atom is -0.372 e. The molecule has 1 aliphatic rings. The monoisotopic (exact) mass is 214 g/mol. The van der Waals surface area contributed by atoms with Crippen LogP contribution in [0.1, 0.15) is 11.1 Å². The first-order valence-electron chi connectivity index (χ1n) is 5.09. The van der Waals surface area contributed by atoms with Gasteiger partial charge in [0, 0.05) is 12.3 Å². The third kappa shape index (κ3) is 1.44. The summed E-state index contributed by atoms with van der Waals surface area (Å²) in [5.74, 6) is 0. The lowest BCUT2D eigenvalue weighted by Gasteiger charge is -2.04. The highest BCUT2D eigenvalue weighted by Crippen LogP contribution is 2.21. The summed E-state index contributed by atoms with van der Waals surface area (Å²) in [6.07, 6.45) is 1.60. The minimum atomic E-state index is -0.124. The molecule has 0 bridgehead atoms. The molecule has 0 saturated carbocycles. The normalized spacial score (nSPS) is 13.8. The highest BCUT2D eigenvalue weighted by Gasteiger charge is 2.12. The van der Waals surface area contributed by atoms with E-state index in [0.29, 0.717) is 13.2 Å². The quantitative estimate of drug-likeness (QED) is 0.717. The third-order valence-electron chi connectivity index (χ3n) is 2.67. The van der Waals surface area contributed by atoms with Crippen LogP contribution in [0.3, 0.4) is 0 Å². The van der Waals surface area contributed by atoms with E-state index >= 15 is 0 Å². The Bertz CT molecular complexity index is 590. The second-order valence-electron chi connectivity index (χ2n) is 3.72. The van der Waals surface area contributed by atoms with Crippen molar-refractivity contribution in [1.29, 1.82) is 0 Å². The third-order valence-corrected chi connectivity index (χ3v) is 2.67. The van der Waals surface area contributed by atoms with Crippen LogP contribution in [0.25, 0.3) is 5.69 Å². The maximum absolute atomic E-state index is 11.6. The number of hydrogen-bond acceptors (Lipinski definition) is 3. The van der Waals surface area contributed by atoms with Gasteiger partial charge in [0.1, 0.15) is 0 Å². The van der Waals surface area contributed by atoms with Crippen LogP contribution < -0.4 is 5.56 Å². The zero-order valence-corrected chi connectivity index (χ0v) is 8.59. The Balaban J connectivity index is 2.15. The molecule has 1 aliphatic heterocycles. The Labute approximate surface area is 92.1 Å². The first-order chi connectivity index (χ1) is 7.84. The average molecular weight is 214 g/mol. The van der Waals surface area contributed by atoms with Crippen molar-refractivity contribution in [3.8, 4) is 5.69 Å². The Kier molecular flexibility index (Phi) is 2.08. The Morgan fingerprint density at radius 3 is 2.94 bits per heavy atom. The number of hydrogen-bond donors (Lipinski definition) is 0. The van der Waals surface area contributed by atoms with Gasteiger partial charge in [-0.25, -0.2) is 0 Å².